The van der Waals surface area contributed by atoms with Crippen molar-refractivity contribution in [3.05, 3.63) is 0 Å². The van der Waals surface area contributed by atoms with E-state index in [2.05, 4.69) is 21.2 Å². The van der Waals surface area contributed by atoms with Crippen LogP contribution in [-0.4, -0.2) is 17.4 Å². The van der Waals surface area contributed by atoms with Gasteiger partial charge in [0.15, 0.2) is 0 Å². The van der Waals surface area contributed by atoms with Crippen LogP contribution in [0, 0.1) is 12.8 Å². The molecule has 0 bridgehead atoms. The van der Waals surface area contributed by atoms with Crippen LogP contribution in [0.2, 0.25) is 0 Å². The SMILES string of the molecule is C#C.O=S1OCCO1. The van der Waals surface area contributed by atoms with Gasteiger partial charge in [0.1, 0.15) is 0 Å². The van der Waals surface area contributed by atoms with Gasteiger partial charge in [0.25, 0.3) is 0 Å². The van der Waals surface area contributed by atoms with E-state index in [1.165, 1.54) is 0 Å². The van der Waals surface area contributed by atoms with Crippen molar-refractivity contribution in [2.24, 2.45) is 0 Å². The Kier molecular flexibility index (Phi) is 4.56. The molecule has 3 nitrogen and oxygen atoms in total. The van der Waals surface area contributed by atoms with Crippen molar-refractivity contribution < 1.29 is 12.6 Å². The lowest BCUT2D eigenvalue weighted by molar-refractivity contribution is 0.365. The molecule has 0 aliphatic carbocycles. The van der Waals surface area contributed by atoms with Crippen molar-refractivity contribution in [1.82, 2.24) is 0 Å². The maximum Gasteiger partial charge on any atom is 0.304 e. The second kappa shape index (κ2) is 4.78. The van der Waals surface area contributed by atoms with Gasteiger partial charge < -0.3 is 0 Å². The van der Waals surface area contributed by atoms with E-state index in [1.807, 2.05) is 0 Å². The van der Waals surface area contributed by atoms with Gasteiger partial charge in [0, 0.05) is 0 Å². The Labute approximate surface area is 50.9 Å². The zero-order valence-corrected chi connectivity index (χ0v) is 5.02. The molecule has 0 radical (unpaired) electrons. The summed E-state index contributed by atoms with van der Waals surface area (Å²) in [6.07, 6.45) is 8.00. The molecule has 0 aromatic rings. The summed E-state index contributed by atoms with van der Waals surface area (Å²) in [7, 11) is 0. The van der Waals surface area contributed by atoms with E-state index >= 15 is 0 Å². The first kappa shape index (κ1) is 7.63. The summed E-state index contributed by atoms with van der Waals surface area (Å²) < 4.78 is 18.7. The monoisotopic (exact) mass is 134 g/mol. The molecule has 4 heteroatoms. The average Bonchev–Trinajstić information content (AvgIpc) is 2.24. The van der Waals surface area contributed by atoms with Crippen molar-refractivity contribution in [1.29, 1.82) is 0 Å². The Morgan fingerprint density at radius 3 is 1.75 bits per heavy atom. The van der Waals surface area contributed by atoms with Gasteiger partial charge in [-0.15, -0.1) is 12.8 Å². The first-order valence-electron chi connectivity index (χ1n) is 1.91. The van der Waals surface area contributed by atoms with Crippen molar-refractivity contribution >= 4 is 11.4 Å². The van der Waals surface area contributed by atoms with Crippen LogP contribution in [0.15, 0.2) is 0 Å². The molecule has 0 aromatic heterocycles. The van der Waals surface area contributed by atoms with Crippen molar-refractivity contribution in [3.8, 4) is 12.8 Å². The van der Waals surface area contributed by atoms with Gasteiger partial charge in [0.2, 0.25) is 0 Å². The van der Waals surface area contributed by atoms with Gasteiger partial charge in [-0.2, -0.15) is 4.21 Å². The predicted octanol–water partition coefficient (Wildman–Crippen LogP) is -0.139. The molecule has 0 amide bonds. The van der Waals surface area contributed by atoms with E-state index in [4.69, 9.17) is 0 Å². The summed E-state index contributed by atoms with van der Waals surface area (Å²) in [4.78, 5) is 0. The summed E-state index contributed by atoms with van der Waals surface area (Å²) in [6, 6.07) is 0. The van der Waals surface area contributed by atoms with E-state index in [0.717, 1.165) is 0 Å². The second-order valence-corrected chi connectivity index (χ2v) is 1.73. The summed E-state index contributed by atoms with van der Waals surface area (Å²) in [5.74, 6) is 0. The Balaban J connectivity index is 0.000000222. The molecule has 0 atom stereocenters. The van der Waals surface area contributed by atoms with Crippen molar-refractivity contribution in [2.75, 3.05) is 13.2 Å². The zero-order chi connectivity index (χ0) is 6.41. The molecule has 0 aromatic carbocycles. The minimum absolute atomic E-state index is 0.465. The van der Waals surface area contributed by atoms with Crippen LogP contribution in [0.1, 0.15) is 0 Å². The molecule has 0 N–H and O–H groups in total. The molecule has 1 rings (SSSR count). The van der Waals surface area contributed by atoms with E-state index < -0.39 is 11.4 Å². The molecule has 1 aliphatic heterocycles. The quantitative estimate of drug-likeness (QED) is 0.433. The highest BCUT2D eigenvalue weighted by Gasteiger charge is 2.07. The normalized spacial score (nSPS) is 19.2. The van der Waals surface area contributed by atoms with Crippen molar-refractivity contribution in [3.63, 3.8) is 0 Å². The van der Waals surface area contributed by atoms with Gasteiger partial charge in [-0.25, -0.2) is 0 Å². The molecule has 0 unspecified atom stereocenters. The Morgan fingerprint density at radius 1 is 1.25 bits per heavy atom. The van der Waals surface area contributed by atoms with E-state index in [1.54, 1.807) is 0 Å². The summed E-state index contributed by atoms with van der Waals surface area (Å²) in [6.45, 7) is 0.930. The summed E-state index contributed by atoms with van der Waals surface area (Å²) in [5, 5.41) is 0. The third-order valence-electron chi connectivity index (χ3n) is 0.442. The van der Waals surface area contributed by atoms with E-state index in [0.29, 0.717) is 13.2 Å². The predicted molar refractivity (Wildman–Crippen MR) is 29.9 cm³/mol. The van der Waals surface area contributed by atoms with Gasteiger partial charge in [-0.1, -0.05) is 0 Å². The summed E-state index contributed by atoms with van der Waals surface area (Å²) >= 11 is -1.42. The summed E-state index contributed by atoms with van der Waals surface area (Å²) in [5.41, 5.74) is 0. The standard InChI is InChI=1S/C2H4O3S.C2H2/c3-6-4-1-2-5-6;1-2/h1-2H2;1-2H. The molecule has 46 valence electrons. The lowest BCUT2D eigenvalue weighted by atomic mass is 10.8. The largest absolute Gasteiger partial charge is 0.304 e. The molecule has 0 saturated carbocycles. The van der Waals surface area contributed by atoms with Crippen LogP contribution < -0.4 is 0 Å². The molecular weight excluding hydrogens is 128 g/mol. The molecule has 8 heavy (non-hydrogen) atoms. The lowest BCUT2D eigenvalue weighted by Crippen LogP contribution is -1.81. The Morgan fingerprint density at radius 2 is 1.62 bits per heavy atom. The fraction of sp³-hybridized carbons (Fsp3) is 0.500. The van der Waals surface area contributed by atoms with E-state index in [-0.39, 0.29) is 0 Å². The van der Waals surface area contributed by atoms with Gasteiger partial charge in [-0.3, -0.25) is 8.37 Å². The van der Waals surface area contributed by atoms with Crippen molar-refractivity contribution in [2.45, 2.75) is 0 Å². The highest BCUT2D eigenvalue weighted by Crippen LogP contribution is 1.95. The van der Waals surface area contributed by atoms with Crippen LogP contribution in [0.4, 0.5) is 0 Å². The first-order chi connectivity index (χ1) is 3.89. The fourth-order valence-corrected chi connectivity index (χ4v) is 0.714. The minimum Gasteiger partial charge on any atom is -0.266 e. The molecule has 0 spiro atoms. The number of rotatable bonds is 0. The molecular formula is C4H6O3S. The van der Waals surface area contributed by atoms with Gasteiger partial charge >= 0.3 is 11.4 Å². The zero-order valence-electron chi connectivity index (χ0n) is 4.20. The smallest absolute Gasteiger partial charge is 0.266 e. The third-order valence-corrected chi connectivity index (χ3v) is 1.16. The maximum atomic E-state index is 9.91. The fourth-order valence-electron chi connectivity index (χ4n) is 0.238. The molecule has 1 aliphatic rings. The van der Waals surface area contributed by atoms with Crippen LogP contribution in [0.3, 0.4) is 0 Å². The number of terminal acetylenes is 1. The van der Waals surface area contributed by atoms with Crippen LogP contribution in [0.5, 0.6) is 0 Å². The second-order valence-electron chi connectivity index (χ2n) is 0.848. The maximum absolute atomic E-state index is 9.91. The first-order valence-corrected chi connectivity index (χ1v) is 2.91. The molecule has 1 saturated heterocycles. The Hall–Kier alpha value is -0.370. The van der Waals surface area contributed by atoms with Gasteiger partial charge in [0.05, 0.1) is 13.2 Å². The third kappa shape index (κ3) is 2.75. The van der Waals surface area contributed by atoms with Crippen LogP contribution in [-0.2, 0) is 19.7 Å². The van der Waals surface area contributed by atoms with Gasteiger partial charge in [-0.05, 0) is 0 Å². The highest BCUT2D eigenvalue weighted by molar-refractivity contribution is 7.75. The number of hydrogen-bond donors (Lipinski definition) is 0. The highest BCUT2D eigenvalue weighted by atomic mass is 32.2. The van der Waals surface area contributed by atoms with E-state index in [9.17, 15) is 4.21 Å². The minimum atomic E-state index is -1.42. The lowest BCUT2D eigenvalue weighted by Gasteiger charge is -1.76. The molecule has 1 fully saturated rings. The topological polar surface area (TPSA) is 35.5 Å². The van der Waals surface area contributed by atoms with Crippen LogP contribution in [0.25, 0.3) is 0 Å². The van der Waals surface area contributed by atoms with Crippen LogP contribution >= 0.6 is 0 Å². The average molecular weight is 134 g/mol. The Bertz CT molecular complexity index is 90.7. The number of hydrogen-bond acceptors (Lipinski definition) is 3. The molecule has 1 heterocycles.